The van der Waals surface area contributed by atoms with E-state index < -0.39 is 0 Å². The minimum absolute atomic E-state index is 0.991. The summed E-state index contributed by atoms with van der Waals surface area (Å²) >= 11 is 0. The molecule has 0 bridgehead atoms. The molecule has 3 nitrogen and oxygen atoms in total. The third-order valence-electron chi connectivity index (χ3n) is 2.26. The van der Waals surface area contributed by atoms with Crippen LogP contribution in [0.2, 0.25) is 0 Å². The Morgan fingerprint density at radius 2 is 2.15 bits per heavy atom. The molecule has 0 aromatic rings. The average molecular weight is 181 g/mol. The van der Waals surface area contributed by atoms with Gasteiger partial charge >= 0.3 is 0 Å². The molecule has 0 radical (unpaired) electrons. The molecule has 74 valence electrons. The van der Waals surface area contributed by atoms with Crippen LogP contribution < -0.4 is 0 Å². The fraction of sp³-hybridized carbons (Fsp3) is 0.700. The monoisotopic (exact) mass is 181 g/mol. The van der Waals surface area contributed by atoms with Crippen LogP contribution >= 0.6 is 0 Å². The minimum atomic E-state index is 0.991. The normalized spacial score (nSPS) is 21.0. The van der Waals surface area contributed by atoms with Crippen LogP contribution in [0, 0.1) is 0 Å². The Balaban J connectivity index is 2.47. The average Bonchev–Trinajstić information content (AvgIpc) is 2.47. The molecule has 0 N–H and O–H groups in total. The second-order valence-corrected chi connectivity index (χ2v) is 3.27. The van der Waals surface area contributed by atoms with E-state index in [2.05, 4.69) is 40.9 Å². The van der Waals surface area contributed by atoms with Crippen molar-refractivity contribution in [2.45, 2.75) is 13.3 Å². The molecule has 3 heteroatoms. The van der Waals surface area contributed by atoms with E-state index in [9.17, 15) is 0 Å². The van der Waals surface area contributed by atoms with Crippen molar-refractivity contribution < 1.29 is 0 Å². The van der Waals surface area contributed by atoms with Crippen LogP contribution in [0.1, 0.15) is 13.3 Å². The highest BCUT2D eigenvalue weighted by molar-refractivity contribution is 5.81. The fourth-order valence-electron chi connectivity index (χ4n) is 1.57. The second kappa shape index (κ2) is 4.90. The van der Waals surface area contributed by atoms with Gasteiger partial charge in [0, 0.05) is 33.7 Å². The number of nitrogens with zero attached hydrogens (tertiary/aromatic N) is 3. The highest BCUT2D eigenvalue weighted by atomic mass is 15.4. The van der Waals surface area contributed by atoms with E-state index in [-0.39, 0.29) is 0 Å². The van der Waals surface area contributed by atoms with Crippen LogP contribution in [0.25, 0.3) is 0 Å². The van der Waals surface area contributed by atoms with Crippen molar-refractivity contribution in [2.75, 3.05) is 33.7 Å². The molecule has 1 fully saturated rings. The van der Waals surface area contributed by atoms with Crippen molar-refractivity contribution >= 4 is 5.96 Å². The summed E-state index contributed by atoms with van der Waals surface area (Å²) in [5.74, 6) is 1.11. The predicted octanol–water partition coefficient (Wildman–Crippen LogP) is 1.19. The molecule has 13 heavy (non-hydrogen) atoms. The van der Waals surface area contributed by atoms with Crippen molar-refractivity contribution in [3.05, 3.63) is 12.2 Å². The Kier molecular flexibility index (Phi) is 3.80. The van der Waals surface area contributed by atoms with E-state index >= 15 is 0 Å². The van der Waals surface area contributed by atoms with Crippen molar-refractivity contribution in [1.29, 1.82) is 0 Å². The van der Waals surface area contributed by atoms with Gasteiger partial charge in [-0.2, -0.15) is 0 Å². The molecule has 0 aromatic heterocycles. The zero-order valence-electron chi connectivity index (χ0n) is 8.82. The molecule has 1 saturated heterocycles. The van der Waals surface area contributed by atoms with Gasteiger partial charge < -0.3 is 9.80 Å². The van der Waals surface area contributed by atoms with Crippen LogP contribution in [0.4, 0.5) is 0 Å². The van der Waals surface area contributed by atoms with Crippen LogP contribution in [0.15, 0.2) is 17.1 Å². The van der Waals surface area contributed by atoms with E-state index in [1.54, 1.807) is 0 Å². The smallest absolute Gasteiger partial charge is 0.196 e. The van der Waals surface area contributed by atoms with Gasteiger partial charge in [-0.05, 0) is 6.42 Å². The quantitative estimate of drug-likeness (QED) is 0.609. The molecular formula is C10H19N3. The van der Waals surface area contributed by atoms with E-state index in [0.717, 1.165) is 32.0 Å². The fourth-order valence-corrected chi connectivity index (χ4v) is 1.57. The van der Waals surface area contributed by atoms with Gasteiger partial charge in [0.2, 0.25) is 0 Å². The summed E-state index contributed by atoms with van der Waals surface area (Å²) in [6.07, 6.45) is 5.53. The summed E-state index contributed by atoms with van der Waals surface area (Å²) in [7, 11) is 3.94. The zero-order chi connectivity index (χ0) is 9.68. The lowest BCUT2D eigenvalue weighted by Crippen LogP contribution is -2.31. The van der Waals surface area contributed by atoms with Gasteiger partial charge in [-0.1, -0.05) is 19.1 Å². The summed E-state index contributed by atoms with van der Waals surface area (Å²) in [5, 5.41) is 0. The molecule has 0 unspecified atom stereocenters. The Labute approximate surface area is 80.7 Å². The SMILES string of the molecule is CC/C=C/CN1CCN(C)/C1=N/C. The largest absolute Gasteiger partial charge is 0.344 e. The summed E-state index contributed by atoms with van der Waals surface area (Å²) < 4.78 is 0. The number of hydrogen-bond donors (Lipinski definition) is 0. The Morgan fingerprint density at radius 1 is 1.38 bits per heavy atom. The van der Waals surface area contributed by atoms with Crippen molar-refractivity contribution in [3.63, 3.8) is 0 Å². The number of guanidine groups is 1. The molecule has 0 saturated carbocycles. The first-order valence-corrected chi connectivity index (χ1v) is 4.87. The van der Waals surface area contributed by atoms with Gasteiger partial charge in [0.25, 0.3) is 0 Å². The molecule has 0 aromatic carbocycles. The van der Waals surface area contributed by atoms with E-state index in [1.165, 1.54) is 0 Å². The first kappa shape index (κ1) is 10.1. The lowest BCUT2D eigenvalue weighted by atomic mass is 10.4. The van der Waals surface area contributed by atoms with E-state index in [1.807, 2.05) is 7.05 Å². The summed E-state index contributed by atoms with van der Waals surface area (Å²) in [4.78, 5) is 8.76. The molecule has 1 heterocycles. The van der Waals surface area contributed by atoms with Crippen LogP contribution in [-0.2, 0) is 0 Å². The molecule has 0 aliphatic carbocycles. The standard InChI is InChI=1S/C10H19N3/c1-4-5-6-7-13-9-8-12(3)10(13)11-2/h5-6H,4,7-9H2,1-3H3/b6-5+,11-10-. The Bertz CT molecular complexity index is 208. The maximum Gasteiger partial charge on any atom is 0.196 e. The summed E-state index contributed by atoms with van der Waals surface area (Å²) in [6.45, 7) is 5.33. The molecule has 0 spiro atoms. The van der Waals surface area contributed by atoms with Crippen molar-refractivity contribution in [3.8, 4) is 0 Å². The topological polar surface area (TPSA) is 18.8 Å². The van der Waals surface area contributed by atoms with E-state index in [0.29, 0.717) is 0 Å². The lowest BCUT2D eigenvalue weighted by molar-refractivity contribution is 0.511. The third-order valence-corrected chi connectivity index (χ3v) is 2.26. The van der Waals surface area contributed by atoms with Gasteiger partial charge in [0.15, 0.2) is 5.96 Å². The number of allylic oxidation sites excluding steroid dienone is 1. The summed E-state index contributed by atoms with van der Waals surface area (Å²) in [6, 6.07) is 0. The molecule has 0 atom stereocenters. The number of hydrogen-bond acceptors (Lipinski definition) is 1. The van der Waals surface area contributed by atoms with Gasteiger partial charge in [-0.3, -0.25) is 4.99 Å². The lowest BCUT2D eigenvalue weighted by Gasteiger charge is -2.18. The van der Waals surface area contributed by atoms with Gasteiger partial charge in [-0.15, -0.1) is 0 Å². The second-order valence-electron chi connectivity index (χ2n) is 3.27. The first-order chi connectivity index (χ1) is 6.29. The Morgan fingerprint density at radius 3 is 2.77 bits per heavy atom. The molecule has 1 aliphatic heterocycles. The van der Waals surface area contributed by atoms with Gasteiger partial charge in [0.05, 0.1) is 0 Å². The number of rotatable bonds is 3. The highest BCUT2D eigenvalue weighted by Gasteiger charge is 2.20. The number of likely N-dealkylation sites (N-methyl/N-ethyl adjacent to an activating group) is 1. The molecule has 0 amide bonds. The molecule has 1 aliphatic rings. The minimum Gasteiger partial charge on any atom is -0.344 e. The van der Waals surface area contributed by atoms with Crippen molar-refractivity contribution in [1.82, 2.24) is 9.80 Å². The maximum atomic E-state index is 4.26. The van der Waals surface area contributed by atoms with Crippen molar-refractivity contribution in [2.24, 2.45) is 4.99 Å². The summed E-state index contributed by atoms with van der Waals surface area (Å²) in [5.41, 5.74) is 0. The van der Waals surface area contributed by atoms with E-state index in [4.69, 9.17) is 0 Å². The van der Waals surface area contributed by atoms with Crippen LogP contribution in [-0.4, -0.2) is 49.5 Å². The maximum absolute atomic E-state index is 4.26. The first-order valence-electron chi connectivity index (χ1n) is 4.87. The van der Waals surface area contributed by atoms with Crippen LogP contribution in [0.5, 0.6) is 0 Å². The third kappa shape index (κ3) is 2.47. The predicted molar refractivity (Wildman–Crippen MR) is 57.0 cm³/mol. The van der Waals surface area contributed by atoms with Gasteiger partial charge in [0.1, 0.15) is 0 Å². The highest BCUT2D eigenvalue weighted by Crippen LogP contribution is 2.05. The molecule has 1 rings (SSSR count). The molecular weight excluding hydrogens is 162 g/mol. The zero-order valence-corrected chi connectivity index (χ0v) is 8.82. The Hall–Kier alpha value is -0.990. The van der Waals surface area contributed by atoms with Crippen LogP contribution in [0.3, 0.4) is 0 Å². The van der Waals surface area contributed by atoms with Gasteiger partial charge in [-0.25, -0.2) is 0 Å². The number of aliphatic imine (C=N–C) groups is 1.